The molecule has 31 heavy (non-hydrogen) atoms. The van der Waals surface area contributed by atoms with E-state index in [0.29, 0.717) is 12.8 Å². The Morgan fingerprint density at radius 3 is 2.52 bits per heavy atom. The number of carbonyl (C=O) groups excluding carboxylic acids is 3. The maximum absolute atomic E-state index is 12.6. The standard InChI is InChI=1S/C25H38O6/c1-16(2)10-11-17(3)22(27)13-12-20-21-14-19(8-6-7-9-25(28)29-5)31-24(21)15-23(20)30-18(4)26/h10,12-13,17,19-21,23-24H,6-9,11,14-15H2,1-5H3/t17?,19-,20-,21-,23-,24+/m1/s1. The van der Waals surface area contributed by atoms with Crippen LogP contribution in [-0.4, -0.2) is 43.1 Å². The van der Waals surface area contributed by atoms with Gasteiger partial charge in [-0.2, -0.15) is 0 Å². The number of esters is 2. The maximum Gasteiger partial charge on any atom is 0.305 e. The van der Waals surface area contributed by atoms with E-state index >= 15 is 0 Å². The lowest BCUT2D eigenvalue weighted by molar-refractivity contribution is -0.148. The zero-order valence-electron chi connectivity index (χ0n) is 19.6. The van der Waals surface area contributed by atoms with E-state index in [1.54, 1.807) is 6.08 Å². The molecule has 6 heteroatoms. The Kier molecular flexibility index (Phi) is 9.94. The number of rotatable bonds is 11. The van der Waals surface area contributed by atoms with Gasteiger partial charge in [0.15, 0.2) is 5.78 Å². The molecule has 1 aliphatic heterocycles. The van der Waals surface area contributed by atoms with E-state index in [4.69, 9.17) is 9.47 Å². The minimum atomic E-state index is -0.300. The van der Waals surface area contributed by atoms with Gasteiger partial charge in [-0.1, -0.05) is 31.1 Å². The van der Waals surface area contributed by atoms with Crippen molar-refractivity contribution in [3.63, 3.8) is 0 Å². The number of hydrogen-bond acceptors (Lipinski definition) is 6. The molecule has 1 heterocycles. The summed E-state index contributed by atoms with van der Waals surface area (Å²) in [5.41, 5.74) is 1.21. The van der Waals surface area contributed by atoms with E-state index in [0.717, 1.165) is 32.1 Å². The number of unbranched alkanes of at least 4 members (excludes halogenated alkanes) is 1. The molecule has 174 valence electrons. The van der Waals surface area contributed by atoms with Gasteiger partial charge in [0, 0.05) is 31.6 Å². The summed E-state index contributed by atoms with van der Waals surface area (Å²) in [6.45, 7) is 7.42. The summed E-state index contributed by atoms with van der Waals surface area (Å²) < 4.78 is 16.5. The van der Waals surface area contributed by atoms with Crippen molar-refractivity contribution in [1.82, 2.24) is 0 Å². The molecule has 0 N–H and O–H groups in total. The molecule has 0 aromatic heterocycles. The van der Waals surface area contributed by atoms with Crippen molar-refractivity contribution in [2.45, 2.75) is 91.0 Å². The number of fused-ring (bicyclic) bond motifs is 1. The van der Waals surface area contributed by atoms with Gasteiger partial charge in [0.2, 0.25) is 0 Å². The monoisotopic (exact) mass is 434 g/mol. The lowest BCUT2D eigenvalue weighted by Gasteiger charge is -2.21. The van der Waals surface area contributed by atoms with E-state index in [-0.39, 0.29) is 53.8 Å². The van der Waals surface area contributed by atoms with Gasteiger partial charge >= 0.3 is 11.9 Å². The van der Waals surface area contributed by atoms with Gasteiger partial charge in [-0.05, 0) is 51.5 Å². The molecule has 0 aromatic carbocycles. The summed E-state index contributed by atoms with van der Waals surface area (Å²) >= 11 is 0. The Hall–Kier alpha value is -1.95. The van der Waals surface area contributed by atoms with Crippen LogP contribution in [-0.2, 0) is 28.6 Å². The third kappa shape index (κ3) is 7.91. The zero-order chi connectivity index (χ0) is 23.0. The smallest absolute Gasteiger partial charge is 0.305 e. The van der Waals surface area contributed by atoms with E-state index in [1.165, 1.54) is 19.6 Å². The van der Waals surface area contributed by atoms with Gasteiger partial charge in [0.25, 0.3) is 0 Å². The van der Waals surface area contributed by atoms with Gasteiger partial charge in [-0.25, -0.2) is 0 Å². The first kappa shape index (κ1) is 25.3. The summed E-state index contributed by atoms with van der Waals surface area (Å²) in [5.74, 6) is -0.215. The average molecular weight is 435 g/mol. The molecule has 0 radical (unpaired) electrons. The summed E-state index contributed by atoms with van der Waals surface area (Å²) in [5, 5.41) is 0. The van der Waals surface area contributed by atoms with Crippen molar-refractivity contribution in [3.05, 3.63) is 23.8 Å². The fourth-order valence-electron chi connectivity index (χ4n) is 4.59. The van der Waals surface area contributed by atoms with Crippen molar-refractivity contribution in [2.75, 3.05) is 7.11 Å². The Labute approximate surface area is 186 Å². The lowest BCUT2D eigenvalue weighted by atomic mass is 9.88. The highest BCUT2D eigenvalue weighted by Gasteiger charge is 2.49. The van der Waals surface area contributed by atoms with E-state index in [9.17, 15) is 14.4 Å². The second-order valence-electron chi connectivity index (χ2n) is 9.16. The average Bonchev–Trinajstić information content (AvgIpc) is 3.23. The Bertz CT molecular complexity index is 690. The summed E-state index contributed by atoms with van der Waals surface area (Å²) in [6.07, 6.45) is 11.0. The number of methoxy groups -OCH3 is 1. The highest BCUT2D eigenvalue weighted by molar-refractivity contribution is 5.91. The van der Waals surface area contributed by atoms with E-state index in [2.05, 4.69) is 10.8 Å². The van der Waals surface area contributed by atoms with Crippen LogP contribution in [0, 0.1) is 17.8 Å². The predicted molar refractivity (Wildman–Crippen MR) is 118 cm³/mol. The topological polar surface area (TPSA) is 78.9 Å². The Morgan fingerprint density at radius 1 is 1.13 bits per heavy atom. The molecule has 0 aromatic rings. The van der Waals surface area contributed by atoms with Gasteiger partial charge in [-0.15, -0.1) is 0 Å². The second-order valence-corrected chi connectivity index (χ2v) is 9.16. The number of ketones is 1. The van der Waals surface area contributed by atoms with Crippen molar-refractivity contribution < 1.29 is 28.6 Å². The molecule has 0 bridgehead atoms. The third-order valence-electron chi connectivity index (χ3n) is 6.32. The normalized spacial score (nSPS) is 28.2. The predicted octanol–water partition coefficient (Wildman–Crippen LogP) is 4.56. The quantitative estimate of drug-likeness (QED) is 0.205. The van der Waals surface area contributed by atoms with Crippen molar-refractivity contribution in [3.8, 4) is 0 Å². The molecular formula is C25H38O6. The van der Waals surface area contributed by atoms with Crippen molar-refractivity contribution in [1.29, 1.82) is 0 Å². The van der Waals surface area contributed by atoms with Gasteiger partial charge in [0.05, 0.1) is 19.3 Å². The van der Waals surface area contributed by atoms with Crippen LogP contribution in [0.1, 0.15) is 72.6 Å². The van der Waals surface area contributed by atoms with Crippen LogP contribution in [0.5, 0.6) is 0 Å². The number of allylic oxidation sites excluding steroid dienone is 3. The lowest BCUT2D eigenvalue weighted by Crippen LogP contribution is -2.24. The first-order chi connectivity index (χ1) is 14.7. The fourth-order valence-corrected chi connectivity index (χ4v) is 4.59. The zero-order valence-corrected chi connectivity index (χ0v) is 19.6. The fraction of sp³-hybridized carbons (Fsp3) is 0.720. The molecule has 6 atom stereocenters. The molecule has 2 fully saturated rings. The second kappa shape index (κ2) is 12.2. The summed E-state index contributed by atoms with van der Waals surface area (Å²) in [4.78, 5) is 35.4. The SMILES string of the molecule is COC(=O)CCCC[C@@H]1C[C@@H]2[C@@H](C=CC(=O)C(C)CC=C(C)C)[C@H](OC(C)=O)C[C@@H]2O1. The van der Waals surface area contributed by atoms with Crippen LogP contribution in [0.2, 0.25) is 0 Å². The number of carbonyl (C=O) groups is 3. The highest BCUT2D eigenvalue weighted by Crippen LogP contribution is 2.46. The van der Waals surface area contributed by atoms with Crippen LogP contribution in [0.4, 0.5) is 0 Å². The van der Waals surface area contributed by atoms with Crippen LogP contribution in [0.3, 0.4) is 0 Å². The largest absolute Gasteiger partial charge is 0.469 e. The summed E-state index contributed by atoms with van der Waals surface area (Å²) in [6, 6.07) is 0. The molecule has 0 spiro atoms. The van der Waals surface area contributed by atoms with Gasteiger partial charge < -0.3 is 14.2 Å². The molecule has 2 aliphatic rings. The van der Waals surface area contributed by atoms with Crippen LogP contribution in [0.15, 0.2) is 23.8 Å². The van der Waals surface area contributed by atoms with Crippen molar-refractivity contribution >= 4 is 17.7 Å². The highest BCUT2D eigenvalue weighted by atomic mass is 16.6. The van der Waals surface area contributed by atoms with E-state index in [1.807, 2.05) is 26.8 Å². The van der Waals surface area contributed by atoms with Crippen molar-refractivity contribution in [2.24, 2.45) is 17.8 Å². The molecular weight excluding hydrogens is 396 g/mol. The van der Waals surface area contributed by atoms with Gasteiger partial charge in [0.1, 0.15) is 6.10 Å². The Morgan fingerprint density at radius 2 is 1.87 bits per heavy atom. The first-order valence-corrected chi connectivity index (χ1v) is 11.5. The molecule has 6 nitrogen and oxygen atoms in total. The molecule has 1 aliphatic carbocycles. The molecule has 0 amide bonds. The minimum Gasteiger partial charge on any atom is -0.469 e. The van der Waals surface area contributed by atoms with Crippen LogP contribution in [0.25, 0.3) is 0 Å². The molecule has 1 saturated heterocycles. The molecule has 1 unspecified atom stereocenters. The van der Waals surface area contributed by atoms with Crippen LogP contribution >= 0.6 is 0 Å². The number of ether oxygens (including phenoxy) is 3. The first-order valence-electron chi connectivity index (χ1n) is 11.5. The third-order valence-corrected chi connectivity index (χ3v) is 6.32. The maximum atomic E-state index is 12.6. The van der Waals surface area contributed by atoms with E-state index < -0.39 is 0 Å². The van der Waals surface area contributed by atoms with Crippen LogP contribution < -0.4 is 0 Å². The Balaban J connectivity index is 1.95. The molecule has 2 rings (SSSR count). The molecule has 1 saturated carbocycles. The van der Waals surface area contributed by atoms with Gasteiger partial charge in [-0.3, -0.25) is 14.4 Å². The minimum absolute atomic E-state index is 0.00595. The summed E-state index contributed by atoms with van der Waals surface area (Å²) in [7, 11) is 1.41. The number of hydrogen-bond donors (Lipinski definition) is 0.